The molecule has 0 spiro atoms. The van der Waals surface area contributed by atoms with Crippen LogP contribution in [0, 0.1) is 12.8 Å². The summed E-state index contributed by atoms with van der Waals surface area (Å²) in [6.45, 7) is 8.72. The molecule has 0 saturated carbocycles. The summed E-state index contributed by atoms with van der Waals surface area (Å²) in [6.07, 6.45) is 1.19. The lowest BCUT2D eigenvalue weighted by Gasteiger charge is -2.21. The molecule has 2 atom stereocenters. The molecule has 2 unspecified atom stereocenters. The number of rotatable bonds is 4. The van der Waals surface area contributed by atoms with E-state index in [4.69, 9.17) is 0 Å². The molecule has 0 saturated heterocycles. The molecule has 0 aliphatic rings. The van der Waals surface area contributed by atoms with Gasteiger partial charge in [0, 0.05) is 6.04 Å². The van der Waals surface area contributed by atoms with Crippen molar-refractivity contribution in [3.05, 3.63) is 22.4 Å². The van der Waals surface area contributed by atoms with Crippen molar-refractivity contribution in [2.75, 3.05) is 5.32 Å². The monoisotopic (exact) mass is 270 g/mol. The smallest absolute Gasteiger partial charge is 0.106 e. The molecule has 1 N–H and O–H groups in total. The molecule has 1 aromatic rings. The molecule has 15 heavy (non-hydrogen) atoms. The van der Waals surface area contributed by atoms with Crippen LogP contribution in [0.15, 0.2) is 16.7 Å². The van der Waals surface area contributed by atoms with Crippen LogP contribution in [-0.4, -0.2) is 11.0 Å². The first-order valence-corrected chi connectivity index (χ1v) is 6.23. The molecule has 0 aromatic carbocycles. The normalized spacial score (nSPS) is 14.7. The van der Waals surface area contributed by atoms with E-state index in [1.807, 2.05) is 13.0 Å². The molecule has 2 nitrogen and oxygen atoms in total. The Bertz CT molecular complexity index is 325. The number of halogens is 1. The maximum atomic E-state index is 4.37. The molecule has 0 bridgehead atoms. The van der Waals surface area contributed by atoms with Gasteiger partial charge in [-0.25, -0.2) is 4.98 Å². The molecule has 84 valence electrons. The Morgan fingerprint density at radius 3 is 2.60 bits per heavy atom. The highest BCUT2D eigenvalue weighted by Crippen LogP contribution is 2.19. The van der Waals surface area contributed by atoms with Crippen molar-refractivity contribution in [2.24, 2.45) is 5.92 Å². The lowest BCUT2D eigenvalue weighted by molar-refractivity contribution is 0.494. The predicted molar refractivity (Wildman–Crippen MR) is 69.2 cm³/mol. The summed E-state index contributed by atoms with van der Waals surface area (Å²) in [7, 11) is 0. The largest absolute Gasteiger partial charge is 0.381 e. The third-order valence-electron chi connectivity index (χ3n) is 2.93. The van der Waals surface area contributed by atoms with Crippen LogP contribution >= 0.6 is 15.9 Å². The third-order valence-corrected chi connectivity index (χ3v) is 3.37. The van der Waals surface area contributed by atoms with Gasteiger partial charge in [0.25, 0.3) is 0 Å². The van der Waals surface area contributed by atoms with Gasteiger partial charge in [-0.15, -0.1) is 0 Å². The van der Waals surface area contributed by atoms with E-state index in [2.05, 4.69) is 53.1 Å². The standard InChI is InChI=1S/C12H19BrN2/c1-5-8(2)9(3)14-11-6-7-12(13)15-10(11)4/h6-9,14H,5H2,1-4H3. The summed E-state index contributed by atoms with van der Waals surface area (Å²) < 4.78 is 0.891. The molecule has 1 rings (SSSR count). The highest BCUT2D eigenvalue weighted by molar-refractivity contribution is 9.10. The zero-order valence-electron chi connectivity index (χ0n) is 9.84. The zero-order valence-corrected chi connectivity index (χ0v) is 11.4. The van der Waals surface area contributed by atoms with Crippen molar-refractivity contribution in [1.82, 2.24) is 4.98 Å². The van der Waals surface area contributed by atoms with E-state index in [1.165, 1.54) is 6.42 Å². The quantitative estimate of drug-likeness (QED) is 0.837. The van der Waals surface area contributed by atoms with Gasteiger partial charge >= 0.3 is 0 Å². The molecular formula is C12H19BrN2. The minimum atomic E-state index is 0.483. The number of aryl methyl sites for hydroxylation is 1. The van der Waals surface area contributed by atoms with E-state index in [9.17, 15) is 0 Å². The van der Waals surface area contributed by atoms with Crippen LogP contribution in [0.3, 0.4) is 0 Å². The van der Waals surface area contributed by atoms with E-state index in [-0.39, 0.29) is 0 Å². The Labute approximate surface area is 101 Å². The van der Waals surface area contributed by atoms with Gasteiger partial charge < -0.3 is 5.32 Å². The van der Waals surface area contributed by atoms with Crippen molar-refractivity contribution in [2.45, 2.75) is 40.2 Å². The highest BCUT2D eigenvalue weighted by atomic mass is 79.9. The van der Waals surface area contributed by atoms with Crippen LogP contribution < -0.4 is 5.32 Å². The maximum Gasteiger partial charge on any atom is 0.106 e. The summed E-state index contributed by atoms with van der Waals surface area (Å²) in [5, 5.41) is 3.50. The summed E-state index contributed by atoms with van der Waals surface area (Å²) in [6, 6.07) is 4.53. The summed E-state index contributed by atoms with van der Waals surface area (Å²) >= 11 is 3.37. The van der Waals surface area contributed by atoms with E-state index in [1.54, 1.807) is 0 Å². The number of hydrogen-bond donors (Lipinski definition) is 1. The zero-order chi connectivity index (χ0) is 11.4. The van der Waals surface area contributed by atoms with E-state index < -0.39 is 0 Å². The van der Waals surface area contributed by atoms with Crippen molar-refractivity contribution < 1.29 is 0 Å². The van der Waals surface area contributed by atoms with Crippen molar-refractivity contribution in [3.63, 3.8) is 0 Å². The molecule has 0 aliphatic heterocycles. The number of nitrogens with one attached hydrogen (secondary N) is 1. The average molecular weight is 271 g/mol. The van der Waals surface area contributed by atoms with Crippen LogP contribution in [-0.2, 0) is 0 Å². The highest BCUT2D eigenvalue weighted by Gasteiger charge is 2.11. The topological polar surface area (TPSA) is 24.9 Å². The molecule has 0 aliphatic carbocycles. The number of pyridine rings is 1. The molecule has 3 heteroatoms. The first kappa shape index (κ1) is 12.5. The second kappa shape index (κ2) is 5.50. The predicted octanol–water partition coefficient (Wildman–Crippen LogP) is 4.00. The Kier molecular flexibility index (Phi) is 4.58. The molecule has 0 radical (unpaired) electrons. The van der Waals surface area contributed by atoms with E-state index in [0.717, 1.165) is 16.0 Å². The molecule has 0 fully saturated rings. The fourth-order valence-electron chi connectivity index (χ4n) is 1.42. The summed E-state index contributed by atoms with van der Waals surface area (Å²) in [5.41, 5.74) is 2.17. The Morgan fingerprint density at radius 2 is 2.07 bits per heavy atom. The van der Waals surface area contributed by atoms with Gasteiger partial charge in [-0.05, 0) is 47.8 Å². The molecule has 1 heterocycles. The van der Waals surface area contributed by atoms with Gasteiger partial charge in [-0.2, -0.15) is 0 Å². The van der Waals surface area contributed by atoms with Crippen LogP contribution in [0.4, 0.5) is 5.69 Å². The Balaban J connectivity index is 2.72. The number of nitrogens with zero attached hydrogens (tertiary/aromatic N) is 1. The fourth-order valence-corrected chi connectivity index (χ4v) is 1.82. The molecule has 0 amide bonds. The third kappa shape index (κ3) is 3.49. The first-order chi connectivity index (χ1) is 7.04. The van der Waals surface area contributed by atoms with Gasteiger partial charge in [0.2, 0.25) is 0 Å². The van der Waals surface area contributed by atoms with Gasteiger partial charge in [0.15, 0.2) is 0 Å². The number of anilines is 1. The van der Waals surface area contributed by atoms with Crippen LogP contribution in [0.1, 0.15) is 32.9 Å². The first-order valence-electron chi connectivity index (χ1n) is 5.44. The minimum absolute atomic E-state index is 0.483. The van der Waals surface area contributed by atoms with Crippen molar-refractivity contribution in [3.8, 4) is 0 Å². The van der Waals surface area contributed by atoms with Crippen LogP contribution in [0.25, 0.3) is 0 Å². The Hall–Kier alpha value is -0.570. The number of aromatic nitrogens is 1. The van der Waals surface area contributed by atoms with Crippen LogP contribution in [0.2, 0.25) is 0 Å². The minimum Gasteiger partial charge on any atom is -0.381 e. The van der Waals surface area contributed by atoms with Gasteiger partial charge in [-0.1, -0.05) is 20.3 Å². The van der Waals surface area contributed by atoms with Crippen molar-refractivity contribution >= 4 is 21.6 Å². The van der Waals surface area contributed by atoms with E-state index in [0.29, 0.717) is 12.0 Å². The number of hydrogen-bond acceptors (Lipinski definition) is 2. The maximum absolute atomic E-state index is 4.37. The van der Waals surface area contributed by atoms with Crippen LogP contribution in [0.5, 0.6) is 0 Å². The second-order valence-corrected chi connectivity index (χ2v) is 4.90. The van der Waals surface area contributed by atoms with Crippen molar-refractivity contribution in [1.29, 1.82) is 0 Å². The molecule has 1 aromatic heterocycles. The Morgan fingerprint density at radius 1 is 1.40 bits per heavy atom. The second-order valence-electron chi connectivity index (χ2n) is 4.09. The van der Waals surface area contributed by atoms with E-state index >= 15 is 0 Å². The lowest BCUT2D eigenvalue weighted by Crippen LogP contribution is -2.23. The van der Waals surface area contributed by atoms with Gasteiger partial charge in [0.05, 0.1) is 11.4 Å². The van der Waals surface area contributed by atoms with Gasteiger partial charge in [-0.3, -0.25) is 0 Å². The fraction of sp³-hybridized carbons (Fsp3) is 0.583. The van der Waals surface area contributed by atoms with Gasteiger partial charge in [0.1, 0.15) is 4.60 Å². The molecular weight excluding hydrogens is 252 g/mol. The SMILES string of the molecule is CCC(C)C(C)Nc1ccc(Br)nc1C. The average Bonchev–Trinajstić information content (AvgIpc) is 2.20. The summed E-state index contributed by atoms with van der Waals surface area (Å²) in [4.78, 5) is 4.37. The lowest BCUT2D eigenvalue weighted by atomic mass is 10.0. The summed E-state index contributed by atoms with van der Waals surface area (Å²) in [5.74, 6) is 0.674.